The number of hydrogen-bond acceptors (Lipinski definition) is 5. The van der Waals surface area contributed by atoms with Crippen molar-refractivity contribution >= 4 is 39.4 Å². The van der Waals surface area contributed by atoms with Crippen LogP contribution in [0.5, 0.6) is 0 Å². The van der Waals surface area contributed by atoms with Crippen LogP contribution in [0, 0.1) is 6.92 Å². The number of benzene rings is 1. The first-order chi connectivity index (χ1) is 11.5. The van der Waals surface area contributed by atoms with Gasteiger partial charge in [-0.05, 0) is 43.5 Å². The Morgan fingerprint density at radius 2 is 2.12 bits per heavy atom. The molecule has 2 N–H and O–H groups in total. The molecule has 7 nitrogen and oxygen atoms in total. The van der Waals surface area contributed by atoms with E-state index < -0.39 is 24.6 Å². The summed E-state index contributed by atoms with van der Waals surface area (Å²) >= 11 is 3.35. The maximum Gasteiger partial charge on any atom is 0.335 e. The molecule has 1 aromatic rings. The van der Waals surface area contributed by atoms with Crippen LogP contribution in [0.25, 0.3) is 0 Å². The number of rotatable bonds is 6. The molecular weight excluding hydrogens is 380 g/mol. The summed E-state index contributed by atoms with van der Waals surface area (Å²) in [6.07, 6.45) is 0.832. The van der Waals surface area contributed by atoms with Crippen LogP contribution >= 0.6 is 15.9 Å². The van der Waals surface area contributed by atoms with Gasteiger partial charge in [-0.15, -0.1) is 0 Å². The number of anilines is 1. The summed E-state index contributed by atoms with van der Waals surface area (Å²) in [5.74, 6) is -1.44. The molecule has 0 radical (unpaired) electrons. The molecule has 1 atom stereocenters. The second-order valence-corrected chi connectivity index (χ2v) is 6.31. The molecule has 24 heavy (non-hydrogen) atoms. The van der Waals surface area contributed by atoms with Crippen LogP contribution in [0.15, 0.2) is 22.7 Å². The molecule has 0 aromatic heterocycles. The second-order valence-electron chi connectivity index (χ2n) is 5.39. The van der Waals surface area contributed by atoms with Gasteiger partial charge in [0.25, 0.3) is 5.91 Å². The van der Waals surface area contributed by atoms with Crippen molar-refractivity contribution in [2.75, 3.05) is 25.1 Å². The number of carbonyl (C=O) groups excluding carboxylic acids is 3. The topological polar surface area (TPSA) is 93.7 Å². The number of esters is 1. The normalized spacial score (nSPS) is 16.5. The number of hydrogen-bond donors (Lipinski definition) is 2. The standard InChI is InChI=1S/C16H19BrN2O5/c1-10-7-11(17)4-5-12(10)19-14(20)8-18-15(21)9-24-16(22)13-3-2-6-23-13/h4-5,7,13H,2-3,6,8-9H2,1H3,(H,18,21)(H,19,20)/t13-/m0/s1. The van der Waals surface area contributed by atoms with E-state index in [4.69, 9.17) is 9.47 Å². The summed E-state index contributed by atoms with van der Waals surface area (Å²) in [5, 5.41) is 5.10. The summed E-state index contributed by atoms with van der Waals surface area (Å²) in [6.45, 7) is 1.76. The first-order valence-electron chi connectivity index (χ1n) is 7.56. The van der Waals surface area contributed by atoms with Crippen LogP contribution in [0.1, 0.15) is 18.4 Å². The molecule has 1 aliphatic rings. The van der Waals surface area contributed by atoms with Crippen molar-refractivity contribution in [2.45, 2.75) is 25.9 Å². The Morgan fingerprint density at radius 1 is 1.33 bits per heavy atom. The highest BCUT2D eigenvalue weighted by atomic mass is 79.9. The first-order valence-corrected chi connectivity index (χ1v) is 8.36. The zero-order valence-electron chi connectivity index (χ0n) is 13.3. The van der Waals surface area contributed by atoms with Gasteiger partial charge in [-0.3, -0.25) is 9.59 Å². The lowest BCUT2D eigenvalue weighted by Gasteiger charge is -2.11. The number of aryl methyl sites for hydroxylation is 1. The number of nitrogens with one attached hydrogen (secondary N) is 2. The van der Waals surface area contributed by atoms with Gasteiger partial charge in [-0.2, -0.15) is 0 Å². The molecule has 0 saturated carbocycles. The van der Waals surface area contributed by atoms with E-state index >= 15 is 0 Å². The molecule has 1 aliphatic heterocycles. The molecule has 1 saturated heterocycles. The molecule has 1 aromatic carbocycles. The van der Waals surface area contributed by atoms with E-state index in [1.165, 1.54) is 0 Å². The van der Waals surface area contributed by atoms with Gasteiger partial charge in [-0.1, -0.05) is 15.9 Å². The molecule has 1 heterocycles. The molecule has 0 spiro atoms. The summed E-state index contributed by atoms with van der Waals surface area (Å²) in [6, 6.07) is 5.45. The van der Waals surface area contributed by atoms with Crippen molar-refractivity contribution in [1.29, 1.82) is 0 Å². The van der Waals surface area contributed by atoms with Crippen LogP contribution in [-0.2, 0) is 23.9 Å². The van der Waals surface area contributed by atoms with E-state index in [9.17, 15) is 14.4 Å². The van der Waals surface area contributed by atoms with Crippen LogP contribution in [0.2, 0.25) is 0 Å². The van der Waals surface area contributed by atoms with Gasteiger partial charge in [0, 0.05) is 16.8 Å². The molecule has 1 fully saturated rings. The highest BCUT2D eigenvalue weighted by Crippen LogP contribution is 2.19. The smallest absolute Gasteiger partial charge is 0.335 e. The minimum Gasteiger partial charge on any atom is -0.454 e. The van der Waals surface area contributed by atoms with E-state index in [2.05, 4.69) is 26.6 Å². The summed E-state index contributed by atoms with van der Waals surface area (Å²) in [4.78, 5) is 35.0. The average Bonchev–Trinajstić information content (AvgIpc) is 3.08. The Hall–Kier alpha value is -1.93. The zero-order valence-corrected chi connectivity index (χ0v) is 14.9. The Kier molecular flexibility index (Phi) is 6.74. The van der Waals surface area contributed by atoms with Gasteiger partial charge in [0.15, 0.2) is 12.7 Å². The molecule has 130 valence electrons. The SMILES string of the molecule is Cc1cc(Br)ccc1NC(=O)CNC(=O)COC(=O)[C@@H]1CCCO1. The van der Waals surface area contributed by atoms with E-state index in [-0.39, 0.29) is 12.5 Å². The minimum atomic E-state index is -0.582. The Morgan fingerprint density at radius 3 is 2.79 bits per heavy atom. The predicted octanol–water partition coefficient (Wildman–Crippen LogP) is 1.53. The fraction of sp³-hybridized carbons (Fsp3) is 0.438. The number of ether oxygens (including phenoxy) is 2. The van der Waals surface area contributed by atoms with Crippen LogP contribution < -0.4 is 10.6 Å². The van der Waals surface area contributed by atoms with Gasteiger partial charge in [0.2, 0.25) is 5.91 Å². The summed E-state index contributed by atoms with van der Waals surface area (Å²) < 4.78 is 10.9. The Balaban J connectivity index is 1.69. The number of amides is 2. The second kappa shape index (κ2) is 8.79. The number of carbonyl (C=O) groups is 3. The fourth-order valence-electron chi connectivity index (χ4n) is 2.18. The lowest BCUT2D eigenvalue weighted by Crippen LogP contribution is -2.36. The molecule has 0 unspecified atom stereocenters. The third-order valence-corrected chi connectivity index (χ3v) is 3.94. The van der Waals surface area contributed by atoms with E-state index in [0.29, 0.717) is 18.7 Å². The van der Waals surface area contributed by atoms with Crippen molar-refractivity contribution in [3.63, 3.8) is 0 Å². The molecule has 8 heteroatoms. The van der Waals surface area contributed by atoms with E-state index in [1.54, 1.807) is 6.07 Å². The van der Waals surface area contributed by atoms with Gasteiger partial charge < -0.3 is 20.1 Å². The van der Waals surface area contributed by atoms with Crippen molar-refractivity contribution in [3.05, 3.63) is 28.2 Å². The third kappa shape index (κ3) is 5.61. The quantitative estimate of drug-likeness (QED) is 0.708. The molecule has 2 rings (SSSR count). The first kappa shape index (κ1) is 18.4. The summed E-state index contributed by atoms with van der Waals surface area (Å²) in [5.41, 5.74) is 1.57. The van der Waals surface area contributed by atoms with E-state index in [0.717, 1.165) is 16.5 Å². The van der Waals surface area contributed by atoms with Crippen molar-refractivity contribution in [1.82, 2.24) is 5.32 Å². The Bertz CT molecular complexity index is 629. The minimum absolute atomic E-state index is 0.203. The summed E-state index contributed by atoms with van der Waals surface area (Å²) in [7, 11) is 0. The highest BCUT2D eigenvalue weighted by molar-refractivity contribution is 9.10. The maximum atomic E-state index is 11.8. The van der Waals surface area contributed by atoms with Crippen LogP contribution in [0.4, 0.5) is 5.69 Å². The predicted molar refractivity (Wildman–Crippen MR) is 90.5 cm³/mol. The molecule has 0 aliphatic carbocycles. The fourth-order valence-corrected chi connectivity index (χ4v) is 2.66. The van der Waals surface area contributed by atoms with Crippen molar-refractivity contribution < 1.29 is 23.9 Å². The monoisotopic (exact) mass is 398 g/mol. The third-order valence-electron chi connectivity index (χ3n) is 3.45. The molecule has 2 amide bonds. The van der Waals surface area contributed by atoms with Crippen LogP contribution in [-0.4, -0.2) is 43.6 Å². The highest BCUT2D eigenvalue weighted by Gasteiger charge is 2.25. The maximum absolute atomic E-state index is 11.8. The van der Waals surface area contributed by atoms with Gasteiger partial charge in [0.05, 0.1) is 6.54 Å². The lowest BCUT2D eigenvalue weighted by atomic mass is 10.2. The van der Waals surface area contributed by atoms with Crippen molar-refractivity contribution in [2.24, 2.45) is 0 Å². The largest absolute Gasteiger partial charge is 0.454 e. The average molecular weight is 399 g/mol. The molecule has 0 bridgehead atoms. The van der Waals surface area contributed by atoms with Gasteiger partial charge >= 0.3 is 5.97 Å². The zero-order chi connectivity index (χ0) is 17.5. The van der Waals surface area contributed by atoms with Crippen LogP contribution in [0.3, 0.4) is 0 Å². The van der Waals surface area contributed by atoms with Crippen molar-refractivity contribution in [3.8, 4) is 0 Å². The Labute approximate surface area is 148 Å². The molecular formula is C16H19BrN2O5. The lowest BCUT2D eigenvalue weighted by molar-refractivity contribution is -0.157. The van der Waals surface area contributed by atoms with E-state index in [1.807, 2.05) is 19.1 Å². The van der Waals surface area contributed by atoms with Gasteiger partial charge in [-0.25, -0.2) is 4.79 Å². The van der Waals surface area contributed by atoms with Gasteiger partial charge in [0.1, 0.15) is 0 Å². The number of halogens is 1.